The van der Waals surface area contributed by atoms with Crippen molar-refractivity contribution in [3.63, 3.8) is 0 Å². The Kier molecular flexibility index (Phi) is 4.60. The molecule has 4 saturated carbocycles. The summed E-state index contributed by atoms with van der Waals surface area (Å²) >= 11 is 0. The molecule has 0 aromatic rings. The van der Waals surface area contributed by atoms with Crippen molar-refractivity contribution >= 4 is 0 Å². The van der Waals surface area contributed by atoms with Crippen LogP contribution in [0.4, 0.5) is 0 Å². The molecule has 0 unspecified atom stereocenters. The molecule has 0 amide bonds. The van der Waals surface area contributed by atoms with E-state index in [-0.39, 0.29) is 0 Å². The van der Waals surface area contributed by atoms with Gasteiger partial charge in [-0.1, -0.05) is 77.0 Å². The van der Waals surface area contributed by atoms with Gasteiger partial charge in [-0.3, -0.25) is 0 Å². The van der Waals surface area contributed by atoms with Gasteiger partial charge in [0.25, 0.3) is 0 Å². The summed E-state index contributed by atoms with van der Waals surface area (Å²) in [6, 6.07) is 0. The van der Waals surface area contributed by atoms with Crippen LogP contribution in [0.3, 0.4) is 0 Å². The van der Waals surface area contributed by atoms with Gasteiger partial charge in [-0.25, -0.2) is 0 Å². The van der Waals surface area contributed by atoms with E-state index in [9.17, 15) is 0 Å². The number of fused-ring (bicyclic) bond motifs is 2. The summed E-state index contributed by atoms with van der Waals surface area (Å²) in [7, 11) is 0. The molecule has 0 heteroatoms. The molecule has 4 aliphatic carbocycles. The van der Waals surface area contributed by atoms with Crippen molar-refractivity contribution in [3.05, 3.63) is 0 Å². The maximum atomic E-state index is 1.64. The Morgan fingerprint density at radius 3 is 1.38 bits per heavy atom. The lowest BCUT2D eigenvalue weighted by atomic mass is 9.59. The fourth-order valence-electron chi connectivity index (χ4n) is 7.12. The first-order valence-corrected chi connectivity index (χ1v) is 10.4. The zero-order chi connectivity index (χ0) is 14.1. The number of rotatable bonds is 2. The third kappa shape index (κ3) is 3.06. The molecule has 0 radical (unpaired) electrons. The highest BCUT2D eigenvalue weighted by Crippen LogP contribution is 2.51. The van der Waals surface area contributed by atoms with Gasteiger partial charge < -0.3 is 0 Å². The van der Waals surface area contributed by atoms with Crippen LogP contribution in [0, 0.1) is 35.5 Å². The topological polar surface area (TPSA) is 0 Å². The fourth-order valence-corrected chi connectivity index (χ4v) is 7.12. The molecule has 0 spiro atoms. The largest absolute Gasteiger partial charge is 0.0530 e. The normalized spacial score (nSPS) is 47.4. The maximum absolute atomic E-state index is 1.64. The van der Waals surface area contributed by atoms with E-state index < -0.39 is 0 Å². The molecule has 4 rings (SSSR count). The van der Waals surface area contributed by atoms with Crippen molar-refractivity contribution in [1.82, 2.24) is 0 Å². The van der Waals surface area contributed by atoms with Crippen LogP contribution >= 0.6 is 0 Å². The van der Waals surface area contributed by atoms with Crippen LogP contribution in [0.2, 0.25) is 0 Å². The monoisotopic (exact) mass is 288 g/mol. The van der Waals surface area contributed by atoms with E-state index in [1.165, 1.54) is 0 Å². The predicted octanol–water partition coefficient (Wildman–Crippen LogP) is 6.59. The molecule has 21 heavy (non-hydrogen) atoms. The minimum Gasteiger partial charge on any atom is -0.0530 e. The first kappa shape index (κ1) is 14.6. The fraction of sp³-hybridized carbons (Fsp3) is 1.00. The van der Waals surface area contributed by atoms with Gasteiger partial charge in [0.1, 0.15) is 0 Å². The molecule has 4 fully saturated rings. The lowest BCUT2D eigenvalue weighted by molar-refractivity contribution is 0.0403. The van der Waals surface area contributed by atoms with Gasteiger partial charge in [0.15, 0.2) is 0 Å². The van der Waals surface area contributed by atoms with Crippen molar-refractivity contribution in [2.75, 3.05) is 0 Å². The Labute approximate surface area is 132 Å². The van der Waals surface area contributed by atoms with Crippen molar-refractivity contribution in [1.29, 1.82) is 0 Å². The summed E-state index contributed by atoms with van der Waals surface area (Å²) < 4.78 is 0. The molecule has 0 heterocycles. The molecule has 0 aliphatic heterocycles. The Bertz CT molecular complexity index is 297. The summed E-state index contributed by atoms with van der Waals surface area (Å²) in [5.74, 6) is 6.85. The third-order valence-corrected chi connectivity index (χ3v) is 8.05. The van der Waals surface area contributed by atoms with Crippen LogP contribution in [0.15, 0.2) is 0 Å². The highest BCUT2D eigenvalue weighted by molar-refractivity contribution is 4.90. The molecular weight excluding hydrogens is 252 g/mol. The minimum atomic E-state index is 1.13. The molecular formula is C21H36. The van der Waals surface area contributed by atoms with Crippen molar-refractivity contribution in [2.24, 2.45) is 35.5 Å². The molecule has 0 N–H and O–H groups in total. The molecule has 120 valence electrons. The van der Waals surface area contributed by atoms with Crippen LogP contribution in [-0.2, 0) is 0 Å². The highest BCUT2D eigenvalue weighted by atomic mass is 14.5. The third-order valence-electron chi connectivity index (χ3n) is 8.05. The second kappa shape index (κ2) is 6.63. The van der Waals surface area contributed by atoms with Gasteiger partial charge in [-0.2, -0.15) is 0 Å². The van der Waals surface area contributed by atoms with E-state index in [0.717, 1.165) is 35.5 Å². The maximum Gasteiger partial charge on any atom is -0.0357 e. The molecule has 6 atom stereocenters. The quantitative estimate of drug-likeness (QED) is 0.537. The average Bonchev–Trinajstić information content (AvgIpc) is 2.56. The summed E-state index contributed by atoms with van der Waals surface area (Å²) in [4.78, 5) is 0. The molecule has 0 aromatic carbocycles. The smallest absolute Gasteiger partial charge is 0.0357 e. The first-order valence-electron chi connectivity index (χ1n) is 10.4. The summed E-state index contributed by atoms with van der Waals surface area (Å²) in [6.07, 6.45) is 23.6. The van der Waals surface area contributed by atoms with E-state index >= 15 is 0 Å². The zero-order valence-electron chi connectivity index (χ0n) is 14.1. The molecule has 4 aliphatic rings. The molecule has 0 aromatic heterocycles. The van der Waals surface area contributed by atoms with Gasteiger partial charge in [-0.15, -0.1) is 0 Å². The zero-order valence-corrected chi connectivity index (χ0v) is 14.1. The van der Waals surface area contributed by atoms with Crippen LogP contribution in [0.1, 0.15) is 96.3 Å². The van der Waals surface area contributed by atoms with E-state index in [1.807, 2.05) is 0 Å². The van der Waals surface area contributed by atoms with Crippen LogP contribution in [0.5, 0.6) is 0 Å². The van der Waals surface area contributed by atoms with Crippen molar-refractivity contribution < 1.29 is 0 Å². The predicted molar refractivity (Wildman–Crippen MR) is 90.2 cm³/mol. The van der Waals surface area contributed by atoms with Crippen molar-refractivity contribution in [2.45, 2.75) is 96.3 Å². The van der Waals surface area contributed by atoms with Gasteiger partial charge in [0.05, 0.1) is 0 Å². The van der Waals surface area contributed by atoms with Gasteiger partial charge in [-0.05, 0) is 54.8 Å². The average molecular weight is 289 g/mol. The minimum absolute atomic E-state index is 1.13. The Morgan fingerprint density at radius 2 is 0.857 bits per heavy atom. The lowest BCUT2D eigenvalue weighted by Gasteiger charge is -2.47. The Balaban J connectivity index is 1.41. The Morgan fingerprint density at radius 1 is 0.429 bits per heavy atom. The summed E-state index contributed by atoms with van der Waals surface area (Å²) in [5.41, 5.74) is 0. The Hall–Kier alpha value is 0. The van der Waals surface area contributed by atoms with Crippen LogP contribution < -0.4 is 0 Å². The van der Waals surface area contributed by atoms with E-state index in [1.54, 1.807) is 96.3 Å². The van der Waals surface area contributed by atoms with Crippen molar-refractivity contribution in [3.8, 4) is 0 Å². The van der Waals surface area contributed by atoms with E-state index in [2.05, 4.69) is 0 Å². The van der Waals surface area contributed by atoms with E-state index in [4.69, 9.17) is 0 Å². The standard InChI is InChI=1S/C21H36/c1-3-13-20-16(7-1)9-5-11-18(20)15-19-12-6-10-17-8-2-4-14-21(17)19/h16-21H,1-15H2/t16-,17+,18+,19-,20+,21-. The van der Waals surface area contributed by atoms with Crippen LogP contribution in [-0.4, -0.2) is 0 Å². The van der Waals surface area contributed by atoms with Gasteiger partial charge in [0, 0.05) is 0 Å². The second-order valence-electron chi connectivity index (χ2n) is 9.03. The summed E-state index contributed by atoms with van der Waals surface area (Å²) in [5, 5.41) is 0. The molecule has 0 nitrogen and oxygen atoms in total. The van der Waals surface area contributed by atoms with E-state index in [0.29, 0.717) is 0 Å². The van der Waals surface area contributed by atoms with Crippen LogP contribution in [0.25, 0.3) is 0 Å². The summed E-state index contributed by atoms with van der Waals surface area (Å²) in [6.45, 7) is 0. The number of hydrogen-bond donors (Lipinski definition) is 0. The molecule has 0 saturated heterocycles. The first-order chi connectivity index (χ1) is 10.4. The SMILES string of the molecule is C1CC[C@@H]2[C@@H](C1)CCC[C@@H]2C[C@@H]1CCC[C@H]2CCCC[C@@H]21. The highest BCUT2D eigenvalue weighted by Gasteiger charge is 2.40. The second-order valence-corrected chi connectivity index (χ2v) is 9.03. The molecule has 0 bridgehead atoms. The van der Waals surface area contributed by atoms with Gasteiger partial charge in [0.2, 0.25) is 0 Å². The lowest BCUT2D eigenvalue weighted by Crippen LogP contribution is -2.36. The van der Waals surface area contributed by atoms with Gasteiger partial charge >= 0.3 is 0 Å². The number of hydrogen-bond acceptors (Lipinski definition) is 0.